The molecule has 3 aromatic rings. The third-order valence-corrected chi connectivity index (χ3v) is 7.28. The first-order valence-electron chi connectivity index (χ1n) is 14.1. The summed E-state index contributed by atoms with van der Waals surface area (Å²) in [5.74, 6) is 0.875. The first-order valence-corrected chi connectivity index (χ1v) is 14.1. The van der Waals surface area contributed by atoms with Gasteiger partial charge < -0.3 is 29.9 Å². The molecule has 0 spiro atoms. The molecule has 2 unspecified atom stereocenters. The lowest BCUT2D eigenvalue weighted by Gasteiger charge is -2.36. The van der Waals surface area contributed by atoms with E-state index < -0.39 is 11.6 Å². The van der Waals surface area contributed by atoms with E-state index in [2.05, 4.69) is 20.3 Å². The minimum atomic E-state index is -0.889. The number of pyridine rings is 1. The molecular formula is C29H42N6O5. The number of piperidine rings is 1. The predicted octanol–water partition coefficient (Wildman–Crippen LogP) is 4.13. The monoisotopic (exact) mass is 554 g/mol. The number of aliphatic carboxylic acids is 1. The van der Waals surface area contributed by atoms with Crippen LogP contribution < -0.4 is 10.2 Å². The molecule has 4 rings (SSSR count). The van der Waals surface area contributed by atoms with Crippen LogP contribution in [0.3, 0.4) is 0 Å². The summed E-state index contributed by atoms with van der Waals surface area (Å²) in [4.78, 5) is 22.8. The fourth-order valence-corrected chi connectivity index (χ4v) is 5.10. The zero-order chi connectivity index (χ0) is 28.7. The molecule has 218 valence electrons. The molecule has 3 aromatic heterocycles. The molecule has 0 amide bonds. The Kier molecular flexibility index (Phi) is 9.94. The number of aliphatic hydroxyl groups excluding tert-OH is 1. The molecule has 1 saturated heterocycles. The van der Waals surface area contributed by atoms with Crippen molar-refractivity contribution in [3.8, 4) is 0 Å². The largest absolute Gasteiger partial charge is 0.481 e. The van der Waals surface area contributed by atoms with Crippen LogP contribution >= 0.6 is 0 Å². The SMILES string of the molecule is Cc1cnn2c(NCc3ccc(C(C)OCCOC(C)(C)CC(=O)O)nc3)cc(N3CCCCC3CCO)nc12. The number of aryl methyl sites for hydroxylation is 1. The Bertz CT molecular complexity index is 1260. The number of carbonyl (C=O) groups is 1. The average molecular weight is 555 g/mol. The topological polar surface area (TPSA) is 134 Å². The standard InChI is InChI=1S/C29H42N6O5/c1-20-17-32-35-25(15-26(33-28(20)35)34-11-6-5-7-23(34)10-12-36)31-19-22-8-9-24(30-18-22)21(2)39-13-14-40-29(3,4)16-27(37)38/h8-9,15,17-18,21,23,31,36H,5-7,10-14,16,19H2,1-4H3,(H,37,38). The van der Waals surface area contributed by atoms with Crippen LogP contribution in [0, 0.1) is 6.92 Å². The molecule has 1 aliphatic heterocycles. The summed E-state index contributed by atoms with van der Waals surface area (Å²) >= 11 is 0. The smallest absolute Gasteiger partial charge is 0.306 e. The van der Waals surface area contributed by atoms with Crippen LogP contribution in [-0.4, -0.2) is 73.8 Å². The first-order chi connectivity index (χ1) is 19.2. The lowest BCUT2D eigenvalue weighted by molar-refractivity contribution is -0.144. The molecule has 40 heavy (non-hydrogen) atoms. The number of aliphatic hydroxyl groups is 1. The van der Waals surface area contributed by atoms with E-state index in [0.29, 0.717) is 19.8 Å². The highest BCUT2D eigenvalue weighted by atomic mass is 16.5. The molecule has 0 radical (unpaired) electrons. The van der Waals surface area contributed by atoms with Gasteiger partial charge in [0.1, 0.15) is 11.6 Å². The van der Waals surface area contributed by atoms with E-state index in [1.807, 2.05) is 49.0 Å². The third kappa shape index (κ3) is 7.67. The van der Waals surface area contributed by atoms with Crippen LogP contribution in [0.4, 0.5) is 11.6 Å². The first kappa shape index (κ1) is 29.7. The number of aromatic nitrogens is 4. The minimum absolute atomic E-state index is 0.0611. The van der Waals surface area contributed by atoms with Gasteiger partial charge in [-0.05, 0) is 65.0 Å². The fourth-order valence-electron chi connectivity index (χ4n) is 5.10. The van der Waals surface area contributed by atoms with E-state index in [0.717, 1.165) is 59.9 Å². The Morgan fingerprint density at radius 3 is 2.80 bits per heavy atom. The molecule has 1 aliphatic rings. The van der Waals surface area contributed by atoms with E-state index in [1.54, 1.807) is 13.8 Å². The molecule has 0 aliphatic carbocycles. The number of hydrogen-bond acceptors (Lipinski definition) is 9. The summed E-state index contributed by atoms with van der Waals surface area (Å²) in [5.41, 5.74) is 2.92. The summed E-state index contributed by atoms with van der Waals surface area (Å²) in [6.45, 7) is 9.77. The van der Waals surface area contributed by atoms with Gasteiger partial charge in [-0.3, -0.25) is 9.78 Å². The predicted molar refractivity (Wildman–Crippen MR) is 153 cm³/mol. The average Bonchev–Trinajstić information content (AvgIpc) is 3.30. The summed E-state index contributed by atoms with van der Waals surface area (Å²) in [7, 11) is 0. The molecule has 3 N–H and O–H groups in total. The number of rotatable bonds is 14. The fraction of sp³-hybridized carbons (Fsp3) is 0.586. The van der Waals surface area contributed by atoms with Crippen LogP contribution in [0.15, 0.2) is 30.6 Å². The quantitative estimate of drug-likeness (QED) is 0.250. The van der Waals surface area contributed by atoms with Crippen molar-refractivity contribution in [1.29, 1.82) is 0 Å². The van der Waals surface area contributed by atoms with Crippen LogP contribution in [0.25, 0.3) is 5.65 Å². The number of carboxylic acids is 1. The number of anilines is 2. The van der Waals surface area contributed by atoms with Gasteiger partial charge >= 0.3 is 5.97 Å². The molecule has 0 bridgehead atoms. The highest BCUT2D eigenvalue weighted by Crippen LogP contribution is 2.29. The number of carboxylic acid groups (broad SMARTS) is 1. The van der Waals surface area contributed by atoms with Crippen molar-refractivity contribution >= 4 is 23.3 Å². The van der Waals surface area contributed by atoms with Gasteiger partial charge in [-0.25, -0.2) is 4.98 Å². The van der Waals surface area contributed by atoms with Crippen molar-refractivity contribution in [3.05, 3.63) is 47.4 Å². The van der Waals surface area contributed by atoms with Crippen molar-refractivity contribution in [3.63, 3.8) is 0 Å². The van der Waals surface area contributed by atoms with Crippen molar-refractivity contribution in [1.82, 2.24) is 19.6 Å². The van der Waals surface area contributed by atoms with E-state index in [9.17, 15) is 9.90 Å². The van der Waals surface area contributed by atoms with Crippen molar-refractivity contribution in [2.24, 2.45) is 0 Å². The second-order valence-corrected chi connectivity index (χ2v) is 11.1. The van der Waals surface area contributed by atoms with Gasteiger partial charge in [-0.2, -0.15) is 9.61 Å². The van der Waals surface area contributed by atoms with Gasteiger partial charge in [0, 0.05) is 43.6 Å². The van der Waals surface area contributed by atoms with E-state index in [-0.39, 0.29) is 25.2 Å². The molecule has 0 aromatic carbocycles. The van der Waals surface area contributed by atoms with Crippen LogP contribution in [0.2, 0.25) is 0 Å². The molecule has 1 fully saturated rings. The Morgan fingerprint density at radius 1 is 1.25 bits per heavy atom. The maximum Gasteiger partial charge on any atom is 0.306 e. The number of hydrogen-bond donors (Lipinski definition) is 3. The highest BCUT2D eigenvalue weighted by molar-refractivity contribution is 5.68. The maximum atomic E-state index is 10.9. The van der Waals surface area contributed by atoms with Crippen molar-refractivity contribution < 1.29 is 24.5 Å². The second kappa shape index (κ2) is 13.4. The zero-order valence-electron chi connectivity index (χ0n) is 24.0. The second-order valence-electron chi connectivity index (χ2n) is 11.1. The van der Waals surface area contributed by atoms with Gasteiger partial charge in [0.25, 0.3) is 0 Å². The Labute approximate surface area is 235 Å². The molecule has 11 nitrogen and oxygen atoms in total. The lowest BCUT2D eigenvalue weighted by atomic mass is 9.99. The number of ether oxygens (including phenoxy) is 2. The lowest BCUT2D eigenvalue weighted by Crippen LogP contribution is -2.40. The summed E-state index contributed by atoms with van der Waals surface area (Å²) in [6.07, 6.45) is 7.47. The van der Waals surface area contributed by atoms with Crippen molar-refractivity contribution in [2.75, 3.05) is 36.6 Å². The van der Waals surface area contributed by atoms with E-state index >= 15 is 0 Å². The Morgan fingerprint density at radius 2 is 2.08 bits per heavy atom. The van der Waals surface area contributed by atoms with Crippen LogP contribution in [0.5, 0.6) is 0 Å². The minimum Gasteiger partial charge on any atom is -0.481 e. The molecule has 2 atom stereocenters. The van der Waals surface area contributed by atoms with Gasteiger partial charge in [-0.1, -0.05) is 6.07 Å². The van der Waals surface area contributed by atoms with Crippen LogP contribution in [0.1, 0.15) is 75.8 Å². The van der Waals surface area contributed by atoms with Crippen LogP contribution in [-0.2, 0) is 20.8 Å². The molecular weight excluding hydrogens is 512 g/mol. The summed E-state index contributed by atoms with van der Waals surface area (Å²) < 4.78 is 13.3. The van der Waals surface area contributed by atoms with Crippen molar-refractivity contribution in [2.45, 2.75) is 84.1 Å². The summed E-state index contributed by atoms with van der Waals surface area (Å²) in [6, 6.07) is 6.31. The Hall–Kier alpha value is -3.28. The number of nitrogens with one attached hydrogen (secondary N) is 1. The van der Waals surface area contributed by atoms with Gasteiger partial charge in [0.05, 0.1) is 43.2 Å². The number of fused-ring (bicyclic) bond motifs is 1. The Balaban J connectivity index is 1.37. The normalized spacial score (nSPS) is 16.8. The van der Waals surface area contributed by atoms with E-state index in [1.165, 1.54) is 6.42 Å². The number of nitrogens with zero attached hydrogens (tertiary/aromatic N) is 5. The molecule has 4 heterocycles. The zero-order valence-corrected chi connectivity index (χ0v) is 24.0. The van der Waals surface area contributed by atoms with E-state index in [4.69, 9.17) is 19.6 Å². The summed E-state index contributed by atoms with van der Waals surface area (Å²) in [5, 5.41) is 26.6. The molecule has 0 saturated carbocycles. The maximum absolute atomic E-state index is 10.9. The van der Waals surface area contributed by atoms with Gasteiger partial charge in [-0.15, -0.1) is 0 Å². The van der Waals surface area contributed by atoms with Gasteiger partial charge in [0.2, 0.25) is 0 Å². The third-order valence-electron chi connectivity index (χ3n) is 7.28. The molecule has 11 heteroatoms. The van der Waals surface area contributed by atoms with Gasteiger partial charge in [0.15, 0.2) is 5.65 Å². The highest BCUT2D eigenvalue weighted by Gasteiger charge is 2.25.